The summed E-state index contributed by atoms with van der Waals surface area (Å²) in [5.74, 6) is -0.0917. The molecule has 0 atom stereocenters. The molecule has 0 radical (unpaired) electrons. The van der Waals surface area contributed by atoms with Crippen LogP contribution in [0, 0.1) is 0 Å². The molecule has 0 spiro atoms. The molecule has 0 aliphatic carbocycles. The van der Waals surface area contributed by atoms with E-state index in [0.29, 0.717) is 21.1 Å². The Kier molecular flexibility index (Phi) is 6.79. The average Bonchev–Trinajstić information content (AvgIpc) is 2.80. The number of pyridine rings is 1. The van der Waals surface area contributed by atoms with Gasteiger partial charge in [-0.2, -0.15) is 0 Å². The molecule has 6 nitrogen and oxygen atoms in total. The summed E-state index contributed by atoms with van der Waals surface area (Å²) in [6, 6.07) is 16.4. The highest BCUT2D eigenvalue weighted by atomic mass is 35.5. The van der Waals surface area contributed by atoms with Gasteiger partial charge in [0.25, 0.3) is 5.56 Å². The molecule has 0 aliphatic heterocycles. The van der Waals surface area contributed by atoms with Gasteiger partial charge in [-0.1, -0.05) is 72.2 Å². The van der Waals surface area contributed by atoms with Gasteiger partial charge in [0.2, 0.25) is 5.91 Å². The fraction of sp³-hybridized carbons (Fsp3) is 0.130. The summed E-state index contributed by atoms with van der Waals surface area (Å²) in [4.78, 5) is 34.7. The molecule has 1 N–H and O–H groups in total. The molecule has 1 amide bonds. The number of amides is 1. The summed E-state index contributed by atoms with van der Waals surface area (Å²) in [6.07, 6.45) is 2.15. The molecule has 32 heavy (non-hydrogen) atoms. The van der Waals surface area contributed by atoms with Crippen LogP contribution in [0.1, 0.15) is 12.5 Å². The van der Waals surface area contributed by atoms with Crippen LogP contribution >= 0.6 is 35.0 Å². The van der Waals surface area contributed by atoms with E-state index in [-0.39, 0.29) is 28.1 Å². The van der Waals surface area contributed by atoms with Gasteiger partial charge in [-0.15, -0.1) is 0 Å². The Morgan fingerprint density at radius 3 is 2.66 bits per heavy atom. The van der Waals surface area contributed by atoms with Crippen LogP contribution < -0.4 is 10.9 Å². The maximum Gasteiger partial charge on any atom is 0.266 e. The number of para-hydroxylation sites is 2. The number of thioether (sulfide) groups is 1. The third kappa shape index (κ3) is 4.65. The van der Waals surface area contributed by atoms with Crippen molar-refractivity contribution in [2.45, 2.75) is 18.5 Å². The van der Waals surface area contributed by atoms with Crippen LogP contribution in [0.5, 0.6) is 0 Å². The third-order valence-corrected chi connectivity index (χ3v) is 6.19. The van der Waals surface area contributed by atoms with Crippen LogP contribution in [-0.2, 0) is 11.2 Å². The minimum absolute atomic E-state index is 0.0136. The highest BCUT2D eigenvalue weighted by Gasteiger charge is 2.17. The highest BCUT2D eigenvalue weighted by molar-refractivity contribution is 7.99. The van der Waals surface area contributed by atoms with E-state index in [1.165, 1.54) is 24.0 Å². The Balaban J connectivity index is 1.70. The first-order valence-electron chi connectivity index (χ1n) is 9.81. The van der Waals surface area contributed by atoms with E-state index in [4.69, 9.17) is 23.2 Å². The molecule has 162 valence electrons. The van der Waals surface area contributed by atoms with Crippen molar-refractivity contribution in [3.8, 4) is 5.69 Å². The summed E-state index contributed by atoms with van der Waals surface area (Å²) in [5.41, 5.74) is 2.16. The Morgan fingerprint density at radius 1 is 1.12 bits per heavy atom. The van der Waals surface area contributed by atoms with Crippen molar-refractivity contribution in [3.63, 3.8) is 0 Å². The van der Waals surface area contributed by atoms with Gasteiger partial charge in [-0.3, -0.25) is 14.2 Å². The summed E-state index contributed by atoms with van der Waals surface area (Å²) in [6.45, 7) is 2.03. The lowest BCUT2D eigenvalue weighted by Crippen LogP contribution is -2.24. The van der Waals surface area contributed by atoms with E-state index in [2.05, 4.69) is 15.3 Å². The molecule has 9 heteroatoms. The summed E-state index contributed by atoms with van der Waals surface area (Å²) in [5, 5.41) is 4.23. The number of carbonyl (C=O) groups excluding carboxylic acids is 1. The van der Waals surface area contributed by atoms with E-state index >= 15 is 0 Å². The predicted octanol–water partition coefficient (Wildman–Crippen LogP) is 5.38. The summed E-state index contributed by atoms with van der Waals surface area (Å²) in [7, 11) is 0. The number of rotatable bonds is 6. The van der Waals surface area contributed by atoms with Crippen molar-refractivity contribution in [2.75, 3.05) is 11.1 Å². The zero-order valence-corrected chi connectivity index (χ0v) is 19.3. The minimum atomic E-state index is -0.329. The number of aromatic nitrogens is 3. The van der Waals surface area contributed by atoms with E-state index in [9.17, 15) is 9.59 Å². The van der Waals surface area contributed by atoms with Crippen LogP contribution in [0.25, 0.3) is 16.6 Å². The smallest absolute Gasteiger partial charge is 0.266 e. The molecule has 0 unspecified atom stereocenters. The molecular formula is C23H18Cl2N4O2S. The van der Waals surface area contributed by atoms with Crippen LogP contribution in [-0.4, -0.2) is 26.2 Å². The monoisotopic (exact) mass is 484 g/mol. The normalized spacial score (nSPS) is 11.0. The van der Waals surface area contributed by atoms with Crippen molar-refractivity contribution in [1.29, 1.82) is 0 Å². The Bertz CT molecular complexity index is 1370. The zero-order valence-electron chi connectivity index (χ0n) is 17.0. The van der Waals surface area contributed by atoms with Gasteiger partial charge >= 0.3 is 0 Å². The Morgan fingerprint density at radius 2 is 1.88 bits per heavy atom. The number of aryl methyl sites for hydroxylation is 1. The van der Waals surface area contributed by atoms with Gasteiger partial charge in [0.1, 0.15) is 0 Å². The summed E-state index contributed by atoms with van der Waals surface area (Å²) >= 11 is 13.1. The summed E-state index contributed by atoms with van der Waals surface area (Å²) < 4.78 is 1.58. The lowest BCUT2D eigenvalue weighted by Gasteiger charge is -2.16. The maximum atomic E-state index is 13.4. The van der Waals surface area contributed by atoms with Gasteiger partial charge in [0.05, 0.1) is 32.4 Å². The number of carbonyl (C=O) groups is 1. The number of nitrogens with zero attached hydrogens (tertiary/aromatic N) is 3. The number of halogens is 2. The van der Waals surface area contributed by atoms with Crippen molar-refractivity contribution >= 4 is 57.6 Å². The van der Waals surface area contributed by atoms with Crippen molar-refractivity contribution in [3.05, 3.63) is 86.8 Å². The van der Waals surface area contributed by atoms with Gasteiger partial charge in [0, 0.05) is 6.20 Å². The van der Waals surface area contributed by atoms with E-state index in [1.54, 1.807) is 16.7 Å². The fourth-order valence-corrected chi connectivity index (χ4v) is 4.49. The molecule has 0 saturated heterocycles. The van der Waals surface area contributed by atoms with Gasteiger partial charge in [0.15, 0.2) is 11.0 Å². The number of anilines is 1. The van der Waals surface area contributed by atoms with Crippen LogP contribution in [0.4, 0.5) is 5.82 Å². The molecule has 4 rings (SSSR count). The third-order valence-electron chi connectivity index (χ3n) is 4.76. The highest BCUT2D eigenvalue weighted by Crippen LogP contribution is 2.25. The van der Waals surface area contributed by atoms with Gasteiger partial charge in [-0.05, 0) is 36.2 Å². The Labute approximate surface area is 198 Å². The molecule has 2 aromatic carbocycles. The second kappa shape index (κ2) is 9.73. The van der Waals surface area contributed by atoms with Crippen LogP contribution in [0.2, 0.25) is 10.0 Å². The van der Waals surface area contributed by atoms with Crippen molar-refractivity contribution in [2.24, 2.45) is 0 Å². The van der Waals surface area contributed by atoms with Crippen LogP contribution in [0.15, 0.2) is 70.7 Å². The SMILES string of the molecule is CCc1ccccc1-n1c(SCC(=O)Nc2ncc(Cl)cc2Cl)nc2ccccc2c1=O. The lowest BCUT2D eigenvalue weighted by atomic mass is 10.1. The first-order valence-corrected chi connectivity index (χ1v) is 11.6. The fourth-order valence-electron chi connectivity index (χ4n) is 3.25. The first kappa shape index (κ1) is 22.3. The maximum absolute atomic E-state index is 13.4. The number of nitrogens with one attached hydrogen (secondary N) is 1. The van der Waals surface area contributed by atoms with E-state index < -0.39 is 0 Å². The van der Waals surface area contributed by atoms with Crippen molar-refractivity contribution < 1.29 is 4.79 Å². The van der Waals surface area contributed by atoms with E-state index in [1.807, 2.05) is 43.3 Å². The van der Waals surface area contributed by atoms with Crippen molar-refractivity contribution in [1.82, 2.24) is 14.5 Å². The quantitative estimate of drug-likeness (QED) is 0.293. The topological polar surface area (TPSA) is 76.9 Å². The molecule has 2 aromatic heterocycles. The van der Waals surface area contributed by atoms with E-state index in [0.717, 1.165) is 17.7 Å². The zero-order chi connectivity index (χ0) is 22.7. The first-order chi connectivity index (χ1) is 15.5. The predicted molar refractivity (Wildman–Crippen MR) is 130 cm³/mol. The van der Waals surface area contributed by atoms with Crippen LogP contribution in [0.3, 0.4) is 0 Å². The Hall–Kier alpha value is -2.87. The number of hydrogen-bond donors (Lipinski definition) is 1. The second-order valence-corrected chi connectivity index (χ2v) is 8.64. The lowest BCUT2D eigenvalue weighted by molar-refractivity contribution is -0.113. The molecule has 0 aliphatic rings. The second-order valence-electron chi connectivity index (χ2n) is 6.86. The number of fused-ring (bicyclic) bond motifs is 1. The molecule has 2 heterocycles. The molecule has 0 bridgehead atoms. The molecule has 4 aromatic rings. The molecular weight excluding hydrogens is 467 g/mol. The number of hydrogen-bond acceptors (Lipinski definition) is 5. The molecule has 0 saturated carbocycles. The largest absolute Gasteiger partial charge is 0.309 e. The molecule has 0 fully saturated rings. The van der Waals surface area contributed by atoms with Gasteiger partial charge < -0.3 is 5.32 Å². The minimum Gasteiger partial charge on any atom is -0.309 e. The van der Waals surface area contributed by atoms with Gasteiger partial charge in [-0.25, -0.2) is 9.97 Å². The standard InChI is InChI=1S/C23H18Cl2N4O2S/c1-2-14-7-3-6-10-19(14)29-22(31)16-8-4-5-9-18(16)27-23(29)32-13-20(30)28-21-17(25)11-15(24)12-26-21/h3-12H,2,13H2,1H3,(H,26,28,30). The number of benzene rings is 2. The average molecular weight is 485 g/mol.